The van der Waals surface area contributed by atoms with E-state index in [0.717, 1.165) is 43.4 Å². The fraction of sp³-hybridized carbons (Fsp3) is 0.692. The van der Waals surface area contributed by atoms with Gasteiger partial charge in [0.05, 0.1) is 12.3 Å². The van der Waals surface area contributed by atoms with Crippen LogP contribution < -0.4 is 5.32 Å². The SMILES string of the molecule is Cc1cc(CNC(C)C)nc(C2CCOC2)n1. The molecule has 1 unspecified atom stereocenters. The number of hydrogen-bond acceptors (Lipinski definition) is 4. The highest BCUT2D eigenvalue weighted by Crippen LogP contribution is 2.22. The Morgan fingerprint density at radius 2 is 2.29 bits per heavy atom. The molecule has 1 aromatic heterocycles. The van der Waals surface area contributed by atoms with Gasteiger partial charge < -0.3 is 10.1 Å². The van der Waals surface area contributed by atoms with Gasteiger partial charge in [0.25, 0.3) is 0 Å². The average Bonchev–Trinajstić information content (AvgIpc) is 2.79. The summed E-state index contributed by atoms with van der Waals surface area (Å²) in [6.45, 7) is 8.71. The van der Waals surface area contributed by atoms with Crippen LogP contribution in [0.1, 0.15) is 43.4 Å². The fourth-order valence-electron chi connectivity index (χ4n) is 1.98. The maximum absolute atomic E-state index is 5.39. The van der Waals surface area contributed by atoms with Crippen LogP contribution in [0.2, 0.25) is 0 Å². The van der Waals surface area contributed by atoms with Crippen LogP contribution in [0.4, 0.5) is 0 Å². The highest BCUT2D eigenvalue weighted by atomic mass is 16.5. The summed E-state index contributed by atoms with van der Waals surface area (Å²) >= 11 is 0. The number of ether oxygens (including phenoxy) is 1. The molecule has 0 bridgehead atoms. The summed E-state index contributed by atoms with van der Waals surface area (Å²) in [7, 11) is 0. The van der Waals surface area contributed by atoms with Crippen molar-refractivity contribution in [1.82, 2.24) is 15.3 Å². The van der Waals surface area contributed by atoms with Crippen LogP contribution in [0.5, 0.6) is 0 Å². The van der Waals surface area contributed by atoms with E-state index in [0.29, 0.717) is 12.0 Å². The molecule has 0 aromatic carbocycles. The smallest absolute Gasteiger partial charge is 0.134 e. The van der Waals surface area contributed by atoms with Gasteiger partial charge in [-0.05, 0) is 19.4 Å². The van der Waals surface area contributed by atoms with Gasteiger partial charge in [-0.1, -0.05) is 13.8 Å². The zero-order valence-corrected chi connectivity index (χ0v) is 10.9. The Kier molecular flexibility index (Phi) is 4.07. The van der Waals surface area contributed by atoms with E-state index in [-0.39, 0.29) is 0 Å². The van der Waals surface area contributed by atoms with Gasteiger partial charge in [-0.3, -0.25) is 0 Å². The lowest BCUT2D eigenvalue weighted by molar-refractivity contribution is 0.193. The standard InChI is InChI=1S/C13H21N3O/c1-9(2)14-7-12-6-10(3)15-13(16-12)11-4-5-17-8-11/h6,9,11,14H,4-5,7-8H2,1-3H3. The lowest BCUT2D eigenvalue weighted by atomic mass is 10.1. The predicted molar refractivity (Wildman–Crippen MR) is 66.9 cm³/mol. The maximum Gasteiger partial charge on any atom is 0.134 e. The molecule has 17 heavy (non-hydrogen) atoms. The average molecular weight is 235 g/mol. The Balaban J connectivity index is 2.11. The Hall–Kier alpha value is -1.00. The number of nitrogens with one attached hydrogen (secondary N) is 1. The van der Waals surface area contributed by atoms with E-state index in [1.54, 1.807) is 0 Å². The van der Waals surface area contributed by atoms with Crippen molar-refractivity contribution in [3.8, 4) is 0 Å². The molecule has 0 aliphatic carbocycles. The van der Waals surface area contributed by atoms with Crippen LogP contribution in [0.3, 0.4) is 0 Å². The number of aromatic nitrogens is 2. The molecular formula is C13H21N3O. The Morgan fingerprint density at radius 1 is 1.47 bits per heavy atom. The Bertz CT molecular complexity index is 373. The van der Waals surface area contributed by atoms with Crippen molar-refractivity contribution in [2.45, 2.75) is 45.7 Å². The lowest BCUT2D eigenvalue weighted by Gasteiger charge is -2.11. The van der Waals surface area contributed by atoms with Crippen molar-refractivity contribution in [3.63, 3.8) is 0 Å². The van der Waals surface area contributed by atoms with E-state index < -0.39 is 0 Å². The maximum atomic E-state index is 5.39. The minimum atomic E-state index is 0.382. The zero-order valence-electron chi connectivity index (χ0n) is 10.9. The van der Waals surface area contributed by atoms with E-state index in [2.05, 4.69) is 35.2 Å². The summed E-state index contributed by atoms with van der Waals surface area (Å²) in [5.74, 6) is 1.33. The highest BCUT2D eigenvalue weighted by molar-refractivity contribution is 5.13. The molecule has 2 rings (SSSR count). The molecule has 1 atom stereocenters. The van der Waals surface area contributed by atoms with E-state index in [1.807, 2.05) is 6.92 Å². The molecule has 0 amide bonds. The molecule has 0 saturated carbocycles. The first-order chi connectivity index (χ1) is 8.15. The molecule has 1 aliphatic rings. The van der Waals surface area contributed by atoms with Gasteiger partial charge in [-0.15, -0.1) is 0 Å². The van der Waals surface area contributed by atoms with E-state index in [9.17, 15) is 0 Å². The first-order valence-electron chi connectivity index (χ1n) is 6.30. The van der Waals surface area contributed by atoms with E-state index >= 15 is 0 Å². The summed E-state index contributed by atoms with van der Waals surface area (Å²) in [6.07, 6.45) is 1.04. The Labute approximate surface area is 103 Å². The van der Waals surface area contributed by atoms with Crippen molar-refractivity contribution in [2.24, 2.45) is 0 Å². The summed E-state index contributed by atoms with van der Waals surface area (Å²) in [6, 6.07) is 2.53. The molecule has 2 heterocycles. The quantitative estimate of drug-likeness (QED) is 0.864. The van der Waals surface area contributed by atoms with Gasteiger partial charge in [0.2, 0.25) is 0 Å². The lowest BCUT2D eigenvalue weighted by Crippen LogP contribution is -2.23. The number of nitrogens with zero attached hydrogens (tertiary/aromatic N) is 2. The third kappa shape index (κ3) is 3.48. The summed E-state index contributed by atoms with van der Waals surface area (Å²) in [5, 5.41) is 3.39. The molecule has 0 spiro atoms. The van der Waals surface area contributed by atoms with Crippen LogP contribution in [0, 0.1) is 6.92 Å². The van der Waals surface area contributed by atoms with Gasteiger partial charge in [-0.2, -0.15) is 0 Å². The van der Waals surface area contributed by atoms with E-state index in [1.165, 1.54) is 0 Å². The van der Waals surface area contributed by atoms with E-state index in [4.69, 9.17) is 4.74 Å². The third-order valence-electron chi connectivity index (χ3n) is 2.91. The molecule has 94 valence electrons. The highest BCUT2D eigenvalue weighted by Gasteiger charge is 2.21. The van der Waals surface area contributed by atoms with Crippen LogP contribution in [-0.4, -0.2) is 29.2 Å². The van der Waals surface area contributed by atoms with Gasteiger partial charge in [0.15, 0.2) is 0 Å². The molecule has 1 aliphatic heterocycles. The van der Waals surface area contributed by atoms with Crippen molar-refractivity contribution in [1.29, 1.82) is 0 Å². The van der Waals surface area contributed by atoms with Gasteiger partial charge in [-0.25, -0.2) is 9.97 Å². The Morgan fingerprint density at radius 3 is 2.94 bits per heavy atom. The minimum Gasteiger partial charge on any atom is -0.381 e. The molecular weight excluding hydrogens is 214 g/mol. The predicted octanol–water partition coefficient (Wildman–Crippen LogP) is 1.79. The molecule has 4 heteroatoms. The number of aryl methyl sites for hydroxylation is 1. The zero-order chi connectivity index (χ0) is 12.3. The molecule has 1 fully saturated rings. The fourth-order valence-corrected chi connectivity index (χ4v) is 1.98. The van der Waals surface area contributed by atoms with Crippen molar-refractivity contribution >= 4 is 0 Å². The van der Waals surface area contributed by atoms with Gasteiger partial charge >= 0.3 is 0 Å². The normalized spacial score (nSPS) is 20.1. The number of rotatable bonds is 4. The van der Waals surface area contributed by atoms with Crippen molar-refractivity contribution in [2.75, 3.05) is 13.2 Å². The molecule has 1 N–H and O–H groups in total. The minimum absolute atomic E-state index is 0.382. The molecule has 1 saturated heterocycles. The largest absolute Gasteiger partial charge is 0.381 e. The van der Waals surface area contributed by atoms with Crippen LogP contribution in [0.25, 0.3) is 0 Å². The van der Waals surface area contributed by atoms with Crippen LogP contribution >= 0.6 is 0 Å². The summed E-state index contributed by atoms with van der Waals surface area (Å²) in [4.78, 5) is 9.16. The summed E-state index contributed by atoms with van der Waals surface area (Å²) in [5.41, 5.74) is 2.12. The second kappa shape index (κ2) is 5.56. The van der Waals surface area contributed by atoms with Crippen molar-refractivity contribution < 1.29 is 4.74 Å². The molecule has 1 aromatic rings. The third-order valence-corrected chi connectivity index (χ3v) is 2.91. The topological polar surface area (TPSA) is 47.0 Å². The molecule has 4 nitrogen and oxygen atoms in total. The first-order valence-corrected chi connectivity index (χ1v) is 6.30. The summed E-state index contributed by atoms with van der Waals surface area (Å²) < 4.78 is 5.39. The molecule has 0 radical (unpaired) electrons. The van der Waals surface area contributed by atoms with Crippen LogP contribution in [-0.2, 0) is 11.3 Å². The van der Waals surface area contributed by atoms with Gasteiger partial charge in [0.1, 0.15) is 5.82 Å². The first kappa shape index (κ1) is 12.5. The second-order valence-electron chi connectivity index (χ2n) is 4.95. The van der Waals surface area contributed by atoms with Gasteiger partial charge in [0, 0.05) is 30.8 Å². The second-order valence-corrected chi connectivity index (χ2v) is 4.95. The monoisotopic (exact) mass is 235 g/mol. The van der Waals surface area contributed by atoms with Crippen molar-refractivity contribution in [3.05, 3.63) is 23.3 Å². The van der Waals surface area contributed by atoms with Crippen LogP contribution in [0.15, 0.2) is 6.07 Å². The number of hydrogen-bond donors (Lipinski definition) is 1.